The first-order valence-corrected chi connectivity index (χ1v) is 11.5. The molecule has 0 fully saturated rings. The lowest BCUT2D eigenvalue weighted by Gasteiger charge is -2.16. The standard InChI is InChI=1S/C22H23Cl2N3O3S/c1-4-6-19(21(28)30-5-2)31-22-26-25-20(14-7-10-16(29-3)11-8-14)27(22)15-9-12-17(23)18(24)13-15/h7-13,19H,4-6H2,1-3H3. The highest BCUT2D eigenvalue weighted by molar-refractivity contribution is 8.00. The Balaban J connectivity index is 2.09. The van der Waals surface area contributed by atoms with Crippen LogP contribution in [-0.4, -0.2) is 39.7 Å². The first kappa shape index (κ1) is 23.4. The Hall–Kier alpha value is -2.22. The Kier molecular flexibility index (Phi) is 8.23. The van der Waals surface area contributed by atoms with E-state index >= 15 is 0 Å². The Labute approximate surface area is 195 Å². The number of methoxy groups -OCH3 is 1. The van der Waals surface area contributed by atoms with Crippen LogP contribution in [0.5, 0.6) is 5.75 Å². The second-order valence-corrected chi connectivity index (χ2v) is 8.60. The number of benzene rings is 2. The van der Waals surface area contributed by atoms with Crippen LogP contribution in [0.15, 0.2) is 47.6 Å². The van der Waals surface area contributed by atoms with E-state index in [-0.39, 0.29) is 11.2 Å². The highest BCUT2D eigenvalue weighted by Crippen LogP contribution is 2.34. The number of hydrogen-bond donors (Lipinski definition) is 0. The molecule has 0 amide bonds. The van der Waals surface area contributed by atoms with E-state index in [4.69, 9.17) is 32.7 Å². The number of hydrogen-bond acceptors (Lipinski definition) is 6. The summed E-state index contributed by atoms with van der Waals surface area (Å²) in [5.41, 5.74) is 1.58. The summed E-state index contributed by atoms with van der Waals surface area (Å²) in [4.78, 5) is 12.5. The van der Waals surface area contributed by atoms with E-state index in [1.807, 2.05) is 41.8 Å². The molecule has 1 aromatic heterocycles. The number of ether oxygens (including phenoxy) is 2. The molecule has 0 bridgehead atoms. The van der Waals surface area contributed by atoms with E-state index in [2.05, 4.69) is 10.2 Å². The molecule has 0 aliphatic carbocycles. The van der Waals surface area contributed by atoms with Gasteiger partial charge in [-0.2, -0.15) is 0 Å². The molecule has 0 aliphatic rings. The highest BCUT2D eigenvalue weighted by Gasteiger charge is 2.25. The van der Waals surface area contributed by atoms with Gasteiger partial charge in [-0.05, 0) is 55.8 Å². The summed E-state index contributed by atoms with van der Waals surface area (Å²) in [6.07, 6.45) is 1.50. The van der Waals surface area contributed by atoms with E-state index in [9.17, 15) is 4.79 Å². The van der Waals surface area contributed by atoms with Gasteiger partial charge >= 0.3 is 5.97 Å². The molecule has 9 heteroatoms. The lowest BCUT2D eigenvalue weighted by molar-refractivity contribution is -0.142. The maximum atomic E-state index is 12.5. The zero-order valence-corrected chi connectivity index (χ0v) is 19.8. The van der Waals surface area contributed by atoms with Crippen molar-refractivity contribution in [3.63, 3.8) is 0 Å². The van der Waals surface area contributed by atoms with Gasteiger partial charge in [0.05, 0.1) is 29.4 Å². The Bertz CT molecular complexity index is 1040. The molecule has 1 unspecified atom stereocenters. The van der Waals surface area contributed by atoms with Gasteiger partial charge in [0.25, 0.3) is 0 Å². The van der Waals surface area contributed by atoms with Crippen molar-refractivity contribution in [1.29, 1.82) is 0 Å². The summed E-state index contributed by atoms with van der Waals surface area (Å²) >= 11 is 13.7. The van der Waals surface area contributed by atoms with Gasteiger partial charge in [0, 0.05) is 5.56 Å². The number of esters is 1. The van der Waals surface area contributed by atoms with Crippen LogP contribution in [0.2, 0.25) is 10.0 Å². The van der Waals surface area contributed by atoms with E-state index in [1.165, 1.54) is 11.8 Å². The normalized spacial score (nSPS) is 11.9. The van der Waals surface area contributed by atoms with Crippen molar-refractivity contribution in [3.05, 3.63) is 52.5 Å². The Morgan fingerprint density at radius 2 is 1.84 bits per heavy atom. The zero-order valence-electron chi connectivity index (χ0n) is 17.5. The van der Waals surface area contributed by atoms with Crippen LogP contribution in [0.3, 0.4) is 0 Å². The minimum atomic E-state index is -0.389. The fraction of sp³-hybridized carbons (Fsp3) is 0.318. The third-order valence-electron chi connectivity index (χ3n) is 4.49. The summed E-state index contributed by atoms with van der Waals surface area (Å²) in [6, 6.07) is 12.8. The Morgan fingerprint density at radius 1 is 1.10 bits per heavy atom. The van der Waals surface area contributed by atoms with Gasteiger partial charge in [-0.3, -0.25) is 9.36 Å². The van der Waals surface area contributed by atoms with Crippen LogP contribution in [0.4, 0.5) is 0 Å². The fourth-order valence-electron chi connectivity index (χ4n) is 2.98. The van der Waals surface area contributed by atoms with Crippen molar-refractivity contribution in [3.8, 4) is 22.8 Å². The van der Waals surface area contributed by atoms with Crippen molar-refractivity contribution in [2.45, 2.75) is 37.1 Å². The van der Waals surface area contributed by atoms with Gasteiger partial charge in [-0.1, -0.05) is 48.3 Å². The molecule has 0 saturated heterocycles. The second-order valence-electron chi connectivity index (χ2n) is 6.62. The van der Waals surface area contributed by atoms with E-state index in [0.29, 0.717) is 34.1 Å². The highest BCUT2D eigenvalue weighted by atomic mass is 35.5. The third-order valence-corrected chi connectivity index (χ3v) is 6.42. The molecule has 1 atom stereocenters. The number of thioether (sulfide) groups is 1. The first-order chi connectivity index (χ1) is 15.0. The maximum Gasteiger partial charge on any atom is 0.319 e. The smallest absolute Gasteiger partial charge is 0.319 e. The second kappa shape index (κ2) is 10.9. The van der Waals surface area contributed by atoms with Crippen molar-refractivity contribution in [1.82, 2.24) is 14.8 Å². The molecule has 0 saturated carbocycles. The number of rotatable bonds is 9. The Morgan fingerprint density at radius 3 is 2.45 bits per heavy atom. The predicted molar refractivity (Wildman–Crippen MR) is 125 cm³/mol. The number of aromatic nitrogens is 3. The summed E-state index contributed by atoms with van der Waals surface area (Å²) in [5.74, 6) is 1.09. The molecule has 3 aromatic rings. The van der Waals surface area contributed by atoms with Crippen LogP contribution in [-0.2, 0) is 9.53 Å². The number of halogens is 2. The summed E-state index contributed by atoms with van der Waals surface area (Å²) in [6.45, 7) is 4.15. The molecule has 3 rings (SSSR count). The first-order valence-electron chi connectivity index (χ1n) is 9.87. The molecule has 2 aromatic carbocycles. The molecule has 0 aliphatic heterocycles. The van der Waals surface area contributed by atoms with Crippen molar-refractivity contribution in [2.75, 3.05) is 13.7 Å². The van der Waals surface area contributed by atoms with E-state index < -0.39 is 0 Å². The average molecular weight is 480 g/mol. The van der Waals surface area contributed by atoms with Gasteiger partial charge in [0.2, 0.25) is 0 Å². The maximum absolute atomic E-state index is 12.5. The average Bonchev–Trinajstić information content (AvgIpc) is 3.19. The molecule has 6 nitrogen and oxygen atoms in total. The van der Waals surface area contributed by atoms with Crippen LogP contribution in [0.25, 0.3) is 17.1 Å². The molecule has 0 N–H and O–H groups in total. The molecule has 1 heterocycles. The van der Waals surface area contributed by atoms with Crippen LogP contribution in [0.1, 0.15) is 26.7 Å². The van der Waals surface area contributed by atoms with Crippen molar-refractivity contribution in [2.24, 2.45) is 0 Å². The van der Waals surface area contributed by atoms with Gasteiger partial charge in [-0.15, -0.1) is 10.2 Å². The number of carbonyl (C=O) groups is 1. The van der Waals surface area contributed by atoms with E-state index in [1.54, 1.807) is 26.2 Å². The molecular formula is C22H23Cl2N3O3S. The number of carbonyl (C=O) groups excluding carboxylic acids is 1. The molecular weight excluding hydrogens is 457 g/mol. The topological polar surface area (TPSA) is 66.2 Å². The fourth-order valence-corrected chi connectivity index (χ4v) is 4.43. The van der Waals surface area contributed by atoms with Crippen molar-refractivity contribution < 1.29 is 14.3 Å². The monoisotopic (exact) mass is 479 g/mol. The lowest BCUT2D eigenvalue weighted by Crippen LogP contribution is -2.20. The van der Waals surface area contributed by atoms with Gasteiger partial charge in [0.15, 0.2) is 11.0 Å². The van der Waals surface area contributed by atoms with Crippen molar-refractivity contribution >= 4 is 40.9 Å². The quantitative estimate of drug-likeness (QED) is 0.274. The minimum Gasteiger partial charge on any atom is -0.497 e. The third kappa shape index (κ3) is 5.53. The zero-order chi connectivity index (χ0) is 22.4. The molecule has 31 heavy (non-hydrogen) atoms. The van der Waals surface area contributed by atoms with Gasteiger partial charge in [0.1, 0.15) is 11.0 Å². The molecule has 0 spiro atoms. The lowest BCUT2D eigenvalue weighted by atomic mass is 10.2. The summed E-state index contributed by atoms with van der Waals surface area (Å²) in [7, 11) is 1.62. The predicted octanol–water partition coefficient (Wildman–Crippen LogP) is 6.07. The summed E-state index contributed by atoms with van der Waals surface area (Å²) in [5, 5.41) is 9.85. The van der Waals surface area contributed by atoms with Gasteiger partial charge < -0.3 is 9.47 Å². The summed E-state index contributed by atoms with van der Waals surface area (Å²) < 4.78 is 12.4. The number of nitrogens with zero attached hydrogens (tertiary/aromatic N) is 3. The van der Waals surface area contributed by atoms with Crippen LogP contribution < -0.4 is 4.74 Å². The minimum absolute atomic E-state index is 0.260. The van der Waals surface area contributed by atoms with Gasteiger partial charge in [-0.25, -0.2) is 0 Å². The molecule has 0 radical (unpaired) electrons. The largest absolute Gasteiger partial charge is 0.497 e. The molecule has 164 valence electrons. The SMILES string of the molecule is CCCC(Sc1nnc(-c2ccc(OC)cc2)n1-c1ccc(Cl)c(Cl)c1)C(=O)OCC. The van der Waals surface area contributed by atoms with Crippen LogP contribution in [0, 0.1) is 0 Å². The van der Waals surface area contributed by atoms with Crippen LogP contribution >= 0.6 is 35.0 Å². The van der Waals surface area contributed by atoms with E-state index in [0.717, 1.165) is 23.4 Å².